The van der Waals surface area contributed by atoms with Crippen molar-refractivity contribution in [1.29, 1.82) is 0 Å². The van der Waals surface area contributed by atoms with E-state index in [9.17, 15) is 5.11 Å². The predicted molar refractivity (Wildman–Crippen MR) is 97.8 cm³/mol. The van der Waals surface area contributed by atoms with Crippen LogP contribution in [0.1, 0.15) is 31.1 Å². The number of para-hydroxylation sites is 1. The van der Waals surface area contributed by atoms with Crippen molar-refractivity contribution in [2.24, 2.45) is 0 Å². The first-order chi connectivity index (χ1) is 11.1. The number of fused-ring (bicyclic) bond motifs is 1. The largest absolute Gasteiger partial charge is 0.389 e. The van der Waals surface area contributed by atoms with Crippen molar-refractivity contribution in [3.63, 3.8) is 0 Å². The van der Waals surface area contributed by atoms with E-state index < -0.39 is 6.10 Å². The van der Waals surface area contributed by atoms with Crippen molar-refractivity contribution in [2.45, 2.75) is 32.4 Å². The van der Waals surface area contributed by atoms with Gasteiger partial charge in [-0.3, -0.25) is 0 Å². The first-order valence-corrected chi connectivity index (χ1v) is 8.14. The molecule has 118 valence electrons. The zero-order valence-electron chi connectivity index (χ0n) is 13.7. The molecule has 0 saturated heterocycles. The molecule has 0 saturated carbocycles. The highest BCUT2D eigenvalue weighted by Gasteiger charge is 2.10. The summed E-state index contributed by atoms with van der Waals surface area (Å²) < 4.78 is 0. The maximum Gasteiger partial charge on any atom is 0.0781 e. The average molecular weight is 305 g/mol. The lowest BCUT2D eigenvalue weighted by Crippen LogP contribution is -2.19. The molecule has 3 rings (SSSR count). The summed E-state index contributed by atoms with van der Waals surface area (Å²) in [5.74, 6) is 0. The lowest BCUT2D eigenvalue weighted by molar-refractivity contribution is 0.200. The van der Waals surface area contributed by atoms with E-state index in [1.807, 2.05) is 24.3 Å². The fourth-order valence-electron chi connectivity index (χ4n) is 3.03. The Balaban J connectivity index is 1.75. The highest BCUT2D eigenvalue weighted by molar-refractivity contribution is 5.83. The second-order valence-corrected chi connectivity index (χ2v) is 6.19. The van der Waals surface area contributed by atoms with Crippen molar-refractivity contribution in [2.75, 3.05) is 5.32 Å². The minimum Gasteiger partial charge on any atom is -0.389 e. The number of aliphatic hydroxyl groups excluding tert-OH is 1. The van der Waals surface area contributed by atoms with Gasteiger partial charge in [-0.25, -0.2) is 0 Å². The maximum atomic E-state index is 9.89. The molecule has 2 nitrogen and oxygen atoms in total. The van der Waals surface area contributed by atoms with Crippen LogP contribution in [-0.2, 0) is 6.42 Å². The quantitative estimate of drug-likeness (QED) is 0.700. The van der Waals surface area contributed by atoms with Crippen LogP contribution in [0, 0.1) is 0 Å². The number of benzene rings is 3. The van der Waals surface area contributed by atoms with Gasteiger partial charge >= 0.3 is 0 Å². The molecular formula is C21H23NO. The van der Waals surface area contributed by atoms with Gasteiger partial charge in [0.2, 0.25) is 0 Å². The first-order valence-electron chi connectivity index (χ1n) is 8.14. The van der Waals surface area contributed by atoms with Gasteiger partial charge in [-0.2, -0.15) is 0 Å². The van der Waals surface area contributed by atoms with Gasteiger partial charge in [-0.05, 0) is 42.7 Å². The summed E-state index contributed by atoms with van der Waals surface area (Å²) in [6, 6.07) is 23.3. The Morgan fingerprint density at radius 1 is 0.870 bits per heavy atom. The second-order valence-electron chi connectivity index (χ2n) is 6.19. The van der Waals surface area contributed by atoms with E-state index in [1.54, 1.807) is 6.92 Å². The minimum atomic E-state index is -0.466. The molecule has 2 heteroatoms. The minimum absolute atomic E-state index is 0.288. The Hall–Kier alpha value is -2.32. The molecule has 0 aliphatic heterocycles. The van der Waals surface area contributed by atoms with E-state index in [0.717, 1.165) is 17.7 Å². The number of hydrogen-bond acceptors (Lipinski definition) is 2. The predicted octanol–water partition coefficient (Wildman–Crippen LogP) is 4.94. The molecule has 0 bridgehead atoms. The summed E-state index contributed by atoms with van der Waals surface area (Å²) in [7, 11) is 0. The fourth-order valence-corrected chi connectivity index (χ4v) is 3.03. The summed E-state index contributed by atoms with van der Waals surface area (Å²) in [4.78, 5) is 0. The summed E-state index contributed by atoms with van der Waals surface area (Å²) in [6.45, 7) is 3.97. The first kappa shape index (κ1) is 15.6. The summed E-state index contributed by atoms with van der Waals surface area (Å²) in [6.07, 6.45) is 0.477. The smallest absolute Gasteiger partial charge is 0.0781 e. The summed E-state index contributed by atoms with van der Waals surface area (Å²) in [5.41, 5.74) is 3.27. The van der Waals surface area contributed by atoms with Gasteiger partial charge in [0.15, 0.2) is 0 Å². The SMILES string of the molecule is CC(Cc1ccc2ccccc2c1)Nc1ccccc1C(C)O. The normalized spacial score (nSPS) is 13.7. The third-order valence-electron chi connectivity index (χ3n) is 4.17. The summed E-state index contributed by atoms with van der Waals surface area (Å²) in [5, 5.41) is 16.0. The fraction of sp³-hybridized carbons (Fsp3) is 0.238. The second kappa shape index (κ2) is 6.84. The maximum absolute atomic E-state index is 9.89. The van der Waals surface area contributed by atoms with Crippen LogP contribution in [0.2, 0.25) is 0 Å². The van der Waals surface area contributed by atoms with Crippen LogP contribution in [0.5, 0.6) is 0 Å². The molecule has 0 fully saturated rings. The average Bonchev–Trinajstić information content (AvgIpc) is 2.55. The Bertz CT molecular complexity index is 794. The van der Waals surface area contributed by atoms with Crippen LogP contribution in [0.25, 0.3) is 10.8 Å². The summed E-state index contributed by atoms with van der Waals surface area (Å²) >= 11 is 0. The molecule has 23 heavy (non-hydrogen) atoms. The lowest BCUT2D eigenvalue weighted by Gasteiger charge is -2.19. The van der Waals surface area contributed by atoms with Crippen LogP contribution in [0.15, 0.2) is 66.7 Å². The number of hydrogen-bond donors (Lipinski definition) is 2. The van der Waals surface area contributed by atoms with Gasteiger partial charge in [0.05, 0.1) is 6.10 Å². The van der Waals surface area contributed by atoms with Gasteiger partial charge in [-0.1, -0.05) is 60.7 Å². The molecule has 0 aliphatic rings. The molecule has 3 aromatic rings. The Labute approximate surface area is 137 Å². The molecule has 2 unspecified atom stereocenters. The van der Waals surface area contributed by atoms with Gasteiger partial charge in [0.25, 0.3) is 0 Å². The number of nitrogens with one attached hydrogen (secondary N) is 1. The van der Waals surface area contributed by atoms with Gasteiger partial charge in [0.1, 0.15) is 0 Å². The molecule has 0 amide bonds. The van der Waals surface area contributed by atoms with E-state index >= 15 is 0 Å². The lowest BCUT2D eigenvalue weighted by atomic mass is 10.0. The topological polar surface area (TPSA) is 32.3 Å². The van der Waals surface area contributed by atoms with Crippen LogP contribution < -0.4 is 5.32 Å². The highest BCUT2D eigenvalue weighted by atomic mass is 16.3. The Kier molecular flexibility index (Phi) is 4.63. The zero-order valence-corrected chi connectivity index (χ0v) is 13.7. The molecule has 0 aromatic heterocycles. The van der Waals surface area contributed by atoms with E-state index in [0.29, 0.717) is 0 Å². The molecular weight excluding hydrogens is 282 g/mol. The van der Waals surface area contributed by atoms with Crippen LogP contribution in [-0.4, -0.2) is 11.1 Å². The monoisotopic (exact) mass is 305 g/mol. The van der Waals surface area contributed by atoms with E-state index in [-0.39, 0.29) is 6.04 Å². The molecule has 2 atom stereocenters. The van der Waals surface area contributed by atoms with E-state index in [1.165, 1.54) is 16.3 Å². The van der Waals surface area contributed by atoms with Crippen molar-refractivity contribution in [1.82, 2.24) is 0 Å². The Morgan fingerprint density at radius 2 is 1.57 bits per heavy atom. The van der Waals surface area contributed by atoms with Crippen molar-refractivity contribution in [3.05, 3.63) is 77.9 Å². The van der Waals surface area contributed by atoms with Gasteiger partial charge < -0.3 is 10.4 Å². The van der Waals surface area contributed by atoms with Crippen LogP contribution in [0.4, 0.5) is 5.69 Å². The zero-order chi connectivity index (χ0) is 16.2. The van der Waals surface area contributed by atoms with Gasteiger partial charge in [0, 0.05) is 17.3 Å². The molecule has 3 aromatic carbocycles. The number of rotatable bonds is 5. The van der Waals surface area contributed by atoms with E-state index in [4.69, 9.17) is 0 Å². The van der Waals surface area contributed by atoms with Crippen LogP contribution in [0.3, 0.4) is 0 Å². The molecule has 0 radical (unpaired) electrons. The van der Waals surface area contributed by atoms with E-state index in [2.05, 4.69) is 54.7 Å². The number of anilines is 1. The molecule has 2 N–H and O–H groups in total. The van der Waals surface area contributed by atoms with Crippen molar-refractivity contribution >= 4 is 16.5 Å². The highest BCUT2D eigenvalue weighted by Crippen LogP contribution is 2.24. The third-order valence-corrected chi connectivity index (χ3v) is 4.17. The molecule has 0 aliphatic carbocycles. The molecule has 0 spiro atoms. The third kappa shape index (κ3) is 3.72. The van der Waals surface area contributed by atoms with Crippen molar-refractivity contribution in [3.8, 4) is 0 Å². The standard InChI is InChI=1S/C21H23NO/c1-15(22-21-10-6-5-9-20(21)16(2)23)13-17-11-12-18-7-3-4-8-19(18)14-17/h3-12,14-16,22-23H,13H2,1-2H3. The van der Waals surface area contributed by atoms with Gasteiger partial charge in [-0.15, -0.1) is 0 Å². The number of aliphatic hydroxyl groups is 1. The van der Waals surface area contributed by atoms with Crippen molar-refractivity contribution < 1.29 is 5.11 Å². The Morgan fingerprint density at radius 3 is 2.35 bits per heavy atom. The van der Waals surface area contributed by atoms with Crippen LogP contribution >= 0.6 is 0 Å². The molecule has 0 heterocycles.